The van der Waals surface area contributed by atoms with Gasteiger partial charge in [0.2, 0.25) is 5.76 Å². The lowest BCUT2D eigenvalue weighted by Gasteiger charge is -2.17. The number of carbonyl (C=O) groups is 1. The fraction of sp³-hybridized carbons (Fsp3) is 0.583. The first-order chi connectivity index (χ1) is 8.04. The van der Waals surface area contributed by atoms with Gasteiger partial charge in [-0.25, -0.2) is 4.79 Å². The zero-order valence-electron chi connectivity index (χ0n) is 10.1. The number of nitrogens with one attached hydrogen (secondary N) is 1. The maximum atomic E-state index is 10.7. The third-order valence-electron chi connectivity index (χ3n) is 2.59. The molecule has 0 spiro atoms. The van der Waals surface area contributed by atoms with Crippen LogP contribution in [0.3, 0.4) is 0 Å². The predicted octanol–water partition coefficient (Wildman–Crippen LogP) is 1.79. The van der Waals surface area contributed by atoms with Crippen LogP contribution in [0.15, 0.2) is 16.5 Å². The normalized spacial score (nSPS) is 14.5. The summed E-state index contributed by atoms with van der Waals surface area (Å²) in [5, 5.41) is 20.7. The van der Waals surface area contributed by atoms with Gasteiger partial charge in [0.05, 0.1) is 6.04 Å². The van der Waals surface area contributed by atoms with Crippen molar-refractivity contribution in [1.82, 2.24) is 5.32 Å². The SMILES string of the molecule is CC(CCCO)NC(C)c1ccc(C(=O)O)o1. The molecule has 0 saturated carbocycles. The molecule has 96 valence electrons. The Balaban J connectivity index is 2.51. The monoisotopic (exact) mass is 241 g/mol. The first-order valence-electron chi connectivity index (χ1n) is 5.74. The van der Waals surface area contributed by atoms with Gasteiger partial charge in [0.25, 0.3) is 0 Å². The number of carboxylic acid groups (broad SMARTS) is 1. The molecule has 5 heteroatoms. The highest BCUT2D eigenvalue weighted by atomic mass is 16.4. The number of hydrogen-bond donors (Lipinski definition) is 3. The van der Waals surface area contributed by atoms with Crippen molar-refractivity contribution in [2.45, 2.75) is 38.8 Å². The zero-order chi connectivity index (χ0) is 12.8. The minimum atomic E-state index is -1.06. The molecule has 0 fully saturated rings. The third kappa shape index (κ3) is 4.20. The highest BCUT2D eigenvalue weighted by molar-refractivity contribution is 5.84. The summed E-state index contributed by atoms with van der Waals surface area (Å²) in [6, 6.07) is 3.32. The quantitative estimate of drug-likeness (QED) is 0.678. The molecule has 0 aromatic carbocycles. The van der Waals surface area contributed by atoms with Crippen molar-refractivity contribution >= 4 is 5.97 Å². The van der Waals surface area contributed by atoms with Gasteiger partial charge in [-0.15, -0.1) is 0 Å². The van der Waals surface area contributed by atoms with Crippen LogP contribution in [0.25, 0.3) is 0 Å². The number of aromatic carboxylic acids is 1. The van der Waals surface area contributed by atoms with Gasteiger partial charge >= 0.3 is 5.97 Å². The molecule has 1 aromatic heterocycles. The summed E-state index contributed by atoms with van der Waals surface area (Å²) in [4.78, 5) is 10.7. The molecule has 0 aliphatic heterocycles. The van der Waals surface area contributed by atoms with Crippen LogP contribution >= 0.6 is 0 Å². The van der Waals surface area contributed by atoms with E-state index in [1.807, 2.05) is 13.8 Å². The predicted molar refractivity (Wildman–Crippen MR) is 63.0 cm³/mol. The van der Waals surface area contributed by atoms with E-state index in [1.165, 1.54) is 6.07 Å². The third-order valence-corrected chi connectivity index (χ3v) is 2.59. The second-order valence-electron chi connectivity index (χ2n) is 4.16. The summed E-state index contributed by atoms with van der Waals surface area (Å²) in [6.07, 6.45) is 1.62. The minimum absolute atomic E-state index is 0.0446. The van der Waals surface area contributed by atoms with E-state index in [0.717, 1.165) is 12.8 Å². The molecule has 0 saturated heterocycles. The first-order valence-corrected chi connectivity index (χ1v) is 5.74. The summed E-state index contributed by atoms with van der Waals surface area (Å²) in [5.74, 6) is -0.494. The molecule has 1 aromatic rings. The lowest BCUT2D eigenvalue weighted by molar-refractivity contribution is 0.0659. The van der Waals surface area contributed by atoms with Crippen LogP contribution in [0.2, 0.25) is 0 Å². The number of aliphatic hydroxyl groups excluding tert-OH is 1. The lowest BCUT2D eigenvalue weighted by Crippen LogP contribution is -2.28. The molecule has 0 amide bonds. The molecule has 2 unspecified atom stereocenters. The van der Waals surface area contributed by atoms with Gasteiger partial charge in [-0.2, -0.15) is 0 Å². The minimum Gasteiger partial charge on any atom is -0.475 e. The van der Waals surface area contributed by atoms with Gasteiger partial charge in [0.15, 0.2) is 0 Å². The van der Waals surface area contributed by atoms with Crippen LogP contribution in [0.4, 0.5) is 0 Å². The fourth-order valence-electron chi connectivity index (χ4n) is 1.69. The van der Waals surface area contributed by atoms with Crippen molar-refractivity contribution < 1.29 is 19.4 Å². The molecule has 1 heterocycles. The Kier molecular flexibility index (Phi) is 5.18. The second kappa shape index (κ2) is 6.42. The summed E-state index contributed by atoms with van der Waals surface area (Å²) in [5.41, 5.74) is 0. The number of rotatable bonds is 7. The highest BCUT2D eigenvalue weighted by Crippen LogP contribution is 2.17. The zero-order valence-corrected chi connectivity index (χ0v) is 10.1. The van der Waals surface area contributed by atoms with E-state index >= 15 is 0 Å². The lowest BCUT2D eigenvalue weighted by atomic mass is 10.1. The van der Waals surface area contributed by atoms with Gasteiger partial charge in [0, 0.05) is 12.6 Å². The Hall–Kier alpha value is -1.33. The molecule has 2 atom stereocenters. The Morgan fingerprint density at radius 2 is 2.18 bits per heavy atom. The van der Waals surface area contributed by atoms with Gasteiger partial charge in [0.1, 0.15) is 5.76 Å². The largest absolute Gasteiger partial charge is 0.475 e. The number of aliphatic hydroxyl groups is 1. The van der Waals surface area contributed by atoms with Crippen molar-refractivity contribution in [2.24, 2.45) is 0 Å². The van der Waals surface area contributed by atoms with Crippen LogP contribution in [0.5, 0.6) is 0 Å². The Morgan fingerprint density at radius 1 is 1.47 bits per heavy atom. The summed E-state index contributed by atoms with van der Waals surface area (Å²) < 4.78 is 5.20. The molecular weight excluding hydrogens is 222 g/mol. The molecule has 5 nitrogen and oxygen atoms in total. The maximum absolute atomic E-state index is 10.7. The van der Waals surface area contributed by atoms with E-state index in [4.69, 9.17) is 14.6 Å². The van der Waals surface area contributed by atoms with Crippen LogP contribution in [0, 0.1) is 0 Å². The average Bonchev–Trinajstić information content (AvgIpc) is 2.75. The van der Waals surface area contributed by atoms with Gasteiger partial charge in [-0.1, -0.05) is 0 Å². The maximum Gasteiger partial charge on any atom is 0.371 e. The summed E-state index contributed by atoms with van der Waals surface area (Å²) in [6.45, 7) is 4.12. The highest BCUT2D eigenvalue weighted by Gasteiger charge is 2.15. The van der Waals surface area contributed by atoms with Crippen LogP contribution in [0.1, 0.15) is 49.0 Å². The molecule has 0 aliphatic rings. The van der Waals surface area contributed by atoms with Crippen molar-refractivity contribution in [3.8, 4) is 0 Å². The molecule has 1 rings (SSSR count). The van der Waals surface area contributed by atoms with E-state index in [0.29, 0.717) is 5.76 Å². The van der Waals surface area contributed by atoms with Gasteiger partial charge in [-0.05, 0) is 38.8 Å². The number of hydrogen-bond acceptors (Lipinski definition) is 4. The average molecular weight is 241 g/mol. The van der Waals surface area contributed by atoms with E-state index in [2.05, 4.69) is 5.32 Å². The van der Waals surface area contributed by atoms with Crippen molar-refractivity contribution in [1.29, 1.82) is 0 Å². The van der Waals surface area contributed by atoms with Crippen molar-refractivity contribution in [3.05, 3.63) is 23.7 Å². The van der Waals surface area contributed by atoms with E-state index in [-0.39, 0.29) is 24.5 Å². The van der Waals surface area contributed by atoms with E-state index in [1.54, 1.807) is 6.07 Å². The Labute approximate surface area is 100 Å². The Bertz CT molecular complexity index is 361. The summed E-state index contributed by atoms with van der Waals surface area (Å²) >= 11 is 0. The molecule has 0 radical (unpaired) electrons. The standard InChI is InChI=1S/C12H19NO4/c1-8(4-3-7-14)13-9(2)10-5-6-11(17-10)12(15)16/h5-6,8-9,13-14H,3-4,7H2,1-2H3,(H,15,16). The van der Waals surface area contributed by atoms with Crippen molar-refractivity contribution in [2.75, 3.05) is 6.61 Å². The molecule has 0 aliphatic carbocycles. The first kappa shape index (κ1) is 13.7. The smallest absolute Gasteiger partial charge is 0.371 e. The topological polar surface area (TPSA) is 82.7 Å². The fourth-order valence-corrected chi connectivity index (χ4v) is 1.69. The Morgan fingerprint density at radius 3 is 2.71 bits per heavy atom. The van der Waals surface area contributed by atoms with E-state index < -0.39 is 5.97 Å². The molecular formula is C12H19NO4. The second-order valence-corrected chi connectivity index (χ2v) is 4.16. The molecule has 17 heavy (non-hydrogen) atoms. The molecule has 0 bridgehead atoms. The van der Waals surface area contributed by atoms with Gasteiger partial charge < -0.3 is 19.9 Å². The molecule has 3 N–H and O–H groups in total. The van der Waals surface area contributed by atoms with Crippen LogP contribution in [-0.2, 0) is 0 Å². The summed E-state index contributed by atoms with van der Waals surface area (Å²) in [7, 11) is 0. The van der Waals surface area contributed by atoms with E-state index in [9.17, 15) is 4.79 Å². The van der Waals surface area contributed by atoms with Crippen molar-refractivity contribution in [3.63, 3.8) is 0 Å². The number of furan rings is 1. The van der Waals surface area contributed by atoms with Crippen LogP contribution in [-0.4, -0.2) is 28.8 Å². The number of carboxylic acids is 1. The van der Waals surface area contributed by atoms with Gasteiger partial charge in [-0.3, -0.25) is 0 Å². The van der Waals surface area contributed by atoms with Crippen LogP contribution < -0.4 is 5.32 Å².